The third-order valence-corrected chi connectivity index (χ3v) is 3.36. The maximum absolute atomic E-state index is 11.3. The van der Waals surface area contributed by atoms with Crippen molar-refractivity contribution in [1.29, 1.82) is 0 Å². The van der Waals surface area contributed by atoms with Gasteiger partial charge in [0.05, 0.1) is 0 Å². The lowest BCUT2D eigenvalue weighted by atomic mass is 9.71. The van der Waals surface area contributed by atoms with Gasteiger partial charge in [0, 0.05) is 17.7 Å². The number of hydrogen-bond acceptors (Lipinski definition) is 1. The van der Waals surface area contributed by atoms with Gasteiger partial charge in [0.1, 0.15) is 5.78 Å². The molecule has 0 heterocycles. The van der Waals surface area contributed by atoms with Crippen LogP contribution in [-0.2, 0) is 4.79 Å². The number of hydrogen-bond donors (Lipinski definition) is 0. The van der Waals surface area contributed by atoms with Crippen LogP contribution < -0.4 is 0 Å². The summed E-state index contributed by atoms with van der Waals surface area (Å²) in [6, 6.07) is 0. The van der Waals surface area contributed by atoms with Gasteiger partial charge in [-0.3, -0.25) is 4.79 Å². The SMILES string of the molecule is O=C1CC[C@@H]2C[C@@H](Cl)C[C@H]1C2. The molecule has 3 atom stereocenters. The van der Waals surface area contributed by atoms with E-state index in [-0.39, 0.29) is 5.38 Å². The van der Waals surface area contributed by atoms with E-state index in [0.29, 0.717) is 11.7 Å². The van der Waals surface area contributed by atoms with E-state index >= 15 is 0 Å². The van der Waals surface area contributed by atoms with E-state index < -0.39 is 0 Å². The van der Waals surface area contributed by atoms with Crippen LogP contribution in [-0.4, -0.2) is 11.2 Å². The summed E-state index contributed by atoms with van der Waals surface area (Å²) in [5, 5.41) is 0.281. The standard InChI is InChI=1S/C9H13ClO/c10-8-4-6-1-2-9(11)7(3-6)5-8/h6-8H,1-5H2/t6-,7+,8+/m0/s1. The Morgan fingerprint density at radius 3 is 2.91 bits per heavy atom. The van der Waals surface area contributed by atoms with Gasteiger partial charge in [-0.2, -0.15) is 0 Å². The quantitative estimate of drug-likeness (QED) is 0.513. The van der Waals surface area contributed by atoms with E-state index in [9.17, 15) is 4.79 Å². The molecule has 0 amide bonds. The van der Waals surface area contributed by atoms with E-state index in [4.69, 9.17) is 11.6 Å². The summed E-state index contributed by atoms with van der Waals surface area (Å²) in [7, 11) is 0. The first-order valence-electron chi connectivity index (χ1n) is 4.42. The first kappa shape index (κ1) is 7.60. The van der Waals surface area contributed by atoms with E-state index in [0.717, 1.165) is 38.0 Å². The minimum absolute atomic E-state index is 0.281. The van der Waals surface area contributed by atoms with E-state index in [1.54, 1.807) is 0 Å². The molecule has 11 heavy (non-hydrogen) atoms. The molecular formula is C9H13ClO. The van der Waals surface area contributed by atoms with Crippen LogP contribution in [0.15, 0.2) is 0 Å². The van der Waals surface area contributed by atoms with Gasteiger partial charge in [-0.1, -0.05) is 0 Å². The fraction of sp³-hybridized carbons (Fsp3) is 0.889. The van der Waals surface area contributed by atoms with Crippen LogP contribution >= 0.6 is 11.6 Å². The molecule has 0 N–H and O–H groups in total. The Bertz CT molecular complexity index is 176. The van der Waals surface area contributed by atoms with Crippen molar-refractivity contribution in [2.75, 3.05) is 0 Å². The maximum Gasteiger partial charge on any atom is 0.136 e. The Hall–Kier alpha value is -0.0400. The molecule has 0 aliphatic heterocycles. The third kappa shape index (κ3) is 1.44. The number of alkyl halides is 1. The number of ketones is 1. The number of halogens is 1. The Labute approximate surface area is 72.1 Å². The second-order valence-corrected chi connectivity index (χ2v) is 4.49. The van der Waals surface area contributed by atoms with Gasteiger partial charge in [0.25, 0.3) is 0 Å². The Morgan fingerprint density at radius 2 is 2.09 bits per heavy atom. The molecule has 2 bridgehead atoms. The lowest BCUT2D eigenvalue weighted by Gasteiger charge is -2.35. The molecule has 0 spiro atoms. The van der Waals surface area contributed by atoms with Crippen molar-refractivity contribution >= 4 is 17.4 Å². The molecule has 2 heteroatoms. The Balaban J connectivity index is 2.08. The first-order chi connectivity index (χ1) is 5.25. The molecule has 0 unspecified atom stereocenters. The highest BCUT2D eigenvalue weighted by atomic mass is 35.5. The zero-order valence-electron chi connectivity index (χ0n) is 6.55. The summed E-state index contributed by atoms with van der Waals surface area (Å²) < 4.78 is 0. The highest BCUT2D eigenvalue weighted by molar-refractivity contribution is 6.20. The largest absolute Gasteiger partial charge is 0.299 e. The van der Waals surface area contributed by atoms with Crippen molar-refractivity contribution in [2.24, 2.45) is 11.8 Å². The number of Topliss-reactive ketones (excluding diaryl/α,β-unsaturated/α-hetero) is 1. The number of fused-ring (bicyclic) bond motifs is 2. The van der Waals surface area contributed by atoms with Crippen LogP contribution in [0.25, 0.3) is 0 Å². The van der Waals surface area contributed by atoms with Gasteiger partial charge in [-0.15, -0.1) is 11.6 Å². The van der Waals surface area contributed by atoms with Gasteiger partial charge in [0.15, 0.2) is 0 Å². The van der Waals surface area contributed by atoms with Gasteiger partial charge in [-0.05, 0) is 31.6 Å². The summed E-state index contributed by atoms with van der Waals surface area (Å²) in [6.07, 6.45) is 5.13. The highest BCUT2D eigenvalue weighted by Gasteiger charge is 2.35. The summed E-state index contributed by atoms with van der Waals surface area (Å²) in [4.78, 5) is 11.3. The lowest BCUT2D eigenvalue weighted by Crippen LogP contribution is -2.33. The van der Waals surface area contributed by atoms with E-state index in [1.165, 1.54) is 0 Å². The fourth-order valence-corrected chi connectivity index (χ4v) is 2.88. The minimum atomic E-state index is 0.281. The normalized spacial score (nSPS) is 44.1. The van der Waals surface area contributed by atoms with Crippen molar-refractivity contribution in [1.82, 2.24) is 0 Å². The molecule has 2 saturated carbocycles. The summed E-state index contributed by atoms with van der Waals surface area (Å²) in [5.41, 5.74) is 0. The average molecular weight is 173 g/mol. The van der Waals surface area contributed by atoms with E-state index in [2.05, 4.69) is 0 Å². The van der Waals surface area contributed by atoms with Gasteiger partial charge < -0.3 is 0 Å². The van der Waals surface area contributed by atoms with Crippen LogP contribution in [0.5, 0.6) is 0 Å². The monoisotopic (exact) mass is 172 g/mol. The molecule has 0 saturated heterocycles. The van der Waals surface area contributed by atoms with Gasteiger partial charge >= 0.3 is 0 Å². The predicted molar refractivity (Wildman–Crippen MR) is 44.7 cm³/mol. The molecule has 1 nitrogen and oxygen atoms in total. The second kappa shape index (κ2) is 2.78. The lowest BCUT2D eigenvalue weighted by molar-refractivity contribution is -0.126. The predicted octanol–water partition coefficient (Wildman–Crippen LogP) is 2.37. The summed E-state index contributed by atoms with van der Waals surface area (Å²) >= 11 is 6.03. The number of carbonyl (C=O) groups excluding carboxylic acids is 1. The molecule has 2 fully saturated rings. The maximum atomic E-state index is 11.3. The Kier molecular flexibility index (Phi) is 1.92. The minimum Gasteiger partial charge on any atom is -0.299 e. The molecule has 0 aromatic rings. The van der Waals surface area contributed by atoms with Crippen molar-refractivity contribution in [2.45, 2.75) is 37.5 Å². The van der Waals surface area contributed by atoms with Gasteiger partial charge in [-0.25, -0.2) is 0 Å². The molecule has 0 aromatic carbocycles. The van der Waals surface area contributed by atoms with Crippen molar-refractivity contribution < 1.29 is 4.79 Å². The van der Waals surface area contributed by atoms with Crippen molar-refractivity contribution in [3.05, 3.63) is 0 Å². The smallest absolute Gasteiger partial charge is 0.136 e. The fourth-order valence-electron chi connectivity index (χ4n) is 2.41. The molecule has 0 radical (unpaired) electrons. The molecule has 2 aliphatic carbocycles. The van der Waals surface area contributed by atoms with Crippen LogP contribution in [0, 0.1) is 11.8 Å². The van der Waals surface area contributed by atoms with E-state index in [1.807, 2.05) is 0 Å². The number of carbonyl (C=O) groups is 1. The molecule has 62 valence electrons. The molecule has 2 rings (SSSR count). The molecule has 2 aliphatic rings. The van der Waals surface area contributed by atoms with Crippen molar-refractivity contribution in [3.63, 3.8) is 0 Å². The van der Waals surface area contributed by atoms with Crippen LogP contribution in [0.1, 0.15) is 32.1 Å². The van der Waals surface area contributed by atoms with Crippen molar-refractivity contribution in [3.8, 4) is 0 Å². The third-order valence-electron chi connectivity index (χ3n) is 3.00. The van der Waals surface area contributed by atoms with Crippen LogP contribution in [0.3, 0.4) is 0 Å². The zero-order valence-corrected chi connectivity index (χ0v) is 7.31. The van der Waals surface area contributed by atoms with Crippen LogP contribution in [0.2, 0.25) is 0 Å². The Morgan fingerprint density at radius 1 is 1.27 bits per heavy atom. The zero-order chi connectivity index (χ0) is 7.84. The summed E-state index contributed by atoms with van der Waals surface area (Å²) in [5.74, 6) is 1.55. The highest BCUT2D eigenvalue weighted by Crippen LogP contribution is 2.39. The van der Waals surface area contributed by atoms with Gasteiger partial charge in [0.2, 0.25) is 0 Å². The molecular weight excluding hydrogens is 160 g/mol. The summed E-state index contributed by atoms with van der Waals surface area (Å²) in [6.45, 7) is 0. The average Bonchev–Trinajstić information content (AvgIpc) is 1.97. The van der Waals surface area contributed by atoms with Crippen LogP contribution in [0.4, 0.5) is 0 Å². The first-order valence-corrected chi connectivity index (χ1v) is 4.86. The number of rotatable bonds is 0. The second-order valence-electron chi connectivity index (χ2n) is 3.87. The molecule has 0 aromatic heterocycles. The topological polar surface area (TPSA) is 17.1 Å².